The smallest absolute Gasteiger partial charge is 0.408 e. The highest BCUT2D eigenvalue weighted by atomic mass is 16.6. The van der Waals surface area contributed by atoms with Gasteiger partial charge in [0.05, 0.1) is 13.0 Å². The first-order valence-corrected chi connectivity index (χ1v) is 16.1. The Bertz CT molecular complexity index is 1320. The molecule has 3 N–H and O–H groups in total. The summed E-state index contributed by atoms with van der Waals surface area (Å²) in [5.74, 6) is -0.903. The van der Waals surface area contributed by atoms with E-state index in [0.717, 1.165) is 17.5 Å². The van der Waals surface area contributed by atoms with Crippen molar-refractivity contribution in [2.24, 2.45) is 5.92 Å². The van der Waals surface area contributed by atoms with E-state index in [1.54, 1.807) is 44.7 Å². The fraction of sp³-hybridized carbons (Fsp3) is 0.556. The van der Waals surface area contributed by atoms with Crippen LogP contribution < -0.4 is 10.6 Å². The Morgan fingerprint density at radius 3 is 2.20 bits per heavy atom. The summed E-state index contributed by atoms with van der Waals surface area (Å²) >= 11 is 0. The van der Waals surface area contributed by atoms with Crippen LogP contribution in [-0.2, 0) is 30.3 Å². The molecule has 0 aliphatic heterocycles. The topological polar surface area (TPSA) is 134 Å². The summed E-state index contributed by atoms with van der Waals surface area (Å²) in [6.45, 7) is 17.2. The van der Waals surface area contributed by atoms with Gasteiger partial charge >= 0.3 is 12.1 Å². The van der Waals surface area contributed by atoms with Crippen molar-refractivity contribution in [3.05, 3.63) is 64.7 Å². The fourth-order valence-electron chi connectivity index (χ4n) is 5.12. The normalized spacial score (nSPS) is 13.3. The Hall–Kier alpha value is -4.08. The number of phenolic OH excluding ortho intramolecular Hbond substituents is 1. The third-order valence-electron chi connectivity index (χ3n) is 7.66. The van der Waals surface area contributed by atoms with Gasteiger partial charge in [0.25, 0.3) is 0 Å². The van der Waals surface area contributed by atoms with Crippen molar-refractivity contribution in [3.63, 3.8) is 0 Å². The molecule has 10 nitrogen and oxygen atoms in total. The molecule has 0 saturated carbocycles. The number of esters is 1. The van der Waals surface area contributed by atoms with E-state index < -0.39 is 47.6 Å². The summed E-state index contributed by atoms with van der Waals surface area (Å²) in [6.07, 6.45) is 0.729. The molecule has 0 heterocycles. The fourth-order valence-corrected chi connectivity index (χ4v) is 5.12. The molecule has 0 bridgehead atoms. The van der Waals surface area contributed by atoms with Crippen LogP contribution in [-0.4, -0.2) is 64.7 Å². The van der Waals surface area contributed by atoms with Crippen LogP contribution in [0.15, 0.2) is 42.5 Å². The number of alkyl carbamates (subject to hydrolysis) is 1. The van der Waals surface area contributed by atoms with Gasteiger partial charge in [-0.1, -0.05) is 44.2 Å². The van der Waals surface area contributed by atoms with Gasteiger partial charge in [0.15, 0.2) is 0 Å². The molecule has 0 saturated heterocycles. The minimum atomic E-state index is -1.10. The maximum atomic E-state index is 14.8. The van der Waals surface area contributed by atoms with Crippen LogP contribution in [0, 0.1) is 19.8 Å². The lowest BCUT2D eigenvalue weighted by Gasteiger charge is -2.39. The molecule has 46 heavy (non-hydrogen) atoms. The summed E-state index contributed by atoms with van der Waals surface area (Å²) in [7, 11) is 0. The van der Waals surface area contributed by atoms with Gasteiger partial charge in [-0.25, -0.2) is 4.79 Å². The largest absolute Gasteiger partial charge is 0.508 e. The molecule has 0 aliphatic rings. The number of ether oxygens (including phenoxy) is 2. The molecule has 0 aliphatic carbocycles. The molecule has 0 aromatic heterocycles. The molecule has 3 unspecified atom stereocenters. The van der Waals surface area contributed by atoms with Gasteiger partial charge in [-0.2, -0.15) is 0 Å². The van der Waals surface area contributed by atoms with Gasteiger partial charge < -0.3 is 30.1 Å². The van der Waals surface area contributed by atoms with Crippen molar-refractivity contribution in [3.8, 4) is 5.75 Å². The van der Waals surface area contributed by atoms with E-state index >= 15 is 0 Å². The number of aromatic hydroxyl groups is 1. The number of hydrogen-bond acceptors (Lipinski definition) is 7. The molecule has 3 atom stereocenters. The molecular formula is C36H53N3O7. The van der Waals surface area contributed by atoms with Gasteiger partial charge in [-0.05, 0) is 102 Å². The van der Waals surface area contributed by atoms with Crippen LogP contribution >= 0.6 is 0 Å². The van der Waals surface area contributed by atoms with E-state index in [0.29, 0.717) is 23.5 Å². The zero-order chi connectivity index (χ0) is 34.6. The average molecular weight is 640 g/mol. The standard InChI is InChI=1S/C36H53N3O7/c1-10-45-31(41)20-21-37-33(42)32(29-13-11-12-24(4)26(29)6)39(25(5)15-14-23(2)3)34(43)30(38-35(44)46-36(7,8)9)22-27-16-18-28(40)19-17-27/h11-13,16-19,23,25,30,32,40H,10,14-15,20-22H2,1-9H3,(H,37,42)(H,38,44). The Labute approximate surface area is 274 Å². The van der Waals surface area contributed by atoms with Gasteiger partial charge in [0.2, 0.25) is 11.8 Å². The molecule has 254 valence electrons. The van der Waals surface area contributed by atoms with Crippen molar-refractivity contribution < 1.29 is 33.8 Å². The molecule has 10 heteroatoms. The zero-order valence-corrected chi connectivity index (χ0v) is 28.9. The van der Waals surface area contributed by atoms with Crippen LogP contribution in [0.2, 0.25) is 0 Å². The second-order valence-corrected chi connectivity index (χ2v) is 13.2. The maximum Gasteiger partial charge on any atom is 0.408 e. The highest BCUT2D eigenvalue weighted by Crippen LogP contribution is 2.31. The van der Waals surface area contributed by atoms with Crippen LogP contribution in [0.1, 0.15) is 96.0 Å². The predicted octanol–water partition coefficient (Wildman–Crippen LogP) is 5.91. The second-order valence-electron chi connectivity index (χ2n) is 13.2. The number of hydrogen-bond donors (Lipinski definition) is 3. The summed E-state index contributed by atoms with van der Waals surface area (Å²) in [6, 6.07) is 9.48. The minimum absolute atomic E-state index is 0.0143. The quantitative estimate of drug-likeness (QED) is 0.206. The lowest BCUT2D eigenvalue weighted by atomic mass is 9.92. The van der Waals surface area contributed by atoms with Crippen LogP contribution in [0.5, 0.6) is 5.75 Å². The number of carbonyl (C=O) groups excluding carboxylic acids is 4. The summed E-state index contributed by atoms with van der Waals surface area (Å²) in [5, 5.41) is 15.5. The zero-order valence-electron chi connectivity index (χ0n) is 28.9. The van der Waals surface area contributed by atoms with Gasteiger partial charge in [-0.3, -0.25) is 14.4 Å². The molecule has 0 fully saturated rings. The van der Waals surface area contributed by atoms with Crippen molar-refractivity contribution in [1.82, 2.24) is 15.5 Å². The molecule has 0 spiro atoms. The van der Waals surface area contributed by atoms with Crippen LogP contribution in [0.4, 0.5) is 4.79 Å². The summed E-state index contributed by atoms with van der Waals surface area (Å²) in [5.41, 5.74) is 2.36. The lowest BCUT2D eigenvalue weighted by Crippen LogP contribution is -2.56. The van der Waals surface area contributed by atoms with E-state index in [1.165, 1.54) is 12.1 Å². The number of phenols is 1. The Balaban J connectivity index is 2.67. The lowest BCUT2D eigenvalue weighted by molar-refractivity contribution is -0.146. The summed E-state index contributed by atoms with van der Waals surface area (Å²) < 4.78 is 10.6. The predicted molar refractivity (Wildman–Crippen MR) is 178 cm³/mol. The van der Waals surface area contributed by atoms with Crippen molar-refractivity contribution in [2.45, 2.75) is 112 Å². The monoisotopic (exact) mass is 639 g/mol. The molecule has 3 amide bonds. The van der Waals surface area contributed by atoms with E-state index in [1.807, 2.05) is 39.0 Å². The number of amides is 3. The molecule has 2 rings (SSSR count). The van der Waals surface area contributed by atoms with Crippen LogP contribution in [0.3, 0.4) is 0 Å². The Morgan fingerprint density at radius 1 is 0.957 bits per heavy atom. The minimum Gasteiger partial charge on any atom is -0.508 e. The summed E-state index contributed by atoms with van der Waals surface area (Å²) in [4.78, 5) is 55.7. The highest BCUT2D eigenvalue weighted by molar-refractivity contribution is 5.93. The van der Waals surface area contributed by atoms with Gasteiger partial charge in [0, 0.05) is 19.0 Å². The Morgan fingerprint density at radius 2 is 1.61 bits per heavy atom. The van der Waals surface area contributed by atoms with Crippen LogP contribution in [0.25, 0.3) is 0 Å². The van der Waals surface area contributed by atoms with E-state index in [-0.39, 0.29) is 31.7 Å². The second kappa shape index (κ2) is 17.6. The maximum absolute atomic E-state index is 14.8. The third-order valence-corrected chi connectivity index (χ3v) is 7.66. The number of carbonyl (C=O) groups is 4. The number of rotatable bonds is 15. The van der Waals surface area contributed by atoms with Crippen molar-refractivity contribution in [1.29, 1.82) is 0 Å². The first kappa shape index (κ1) is 38.1. The molecule has 2 aromatic carbocycles. The van der Waals surface area contributed by atoms with Gasteiger partial charge in [0.1, 0.15) is 23.4 Å². The SMILES string of the molecule is CCOC(=O)CCNC(=O)C(c1cccc(C)c1C)N(C(=O)C(Cc1ccc(O)cc1)NC(=O)OC(C)(C)C)C(C)CCC(C)C. The molecule has 0 radical (unpaired) electrons. The highest BCUT2D eigenvalue weighted by Gasteiger charge is 2.39. The average Bonchev–Trinajstić information content (AvgIpc) is 2.96. The number of nitrogens with one attached hydrogen (secondary N) is 2. The van der Waals surface area contributed by atoms with Crippen molar-refractivity contribution in [2.75, 3.05) is 13.2 Å². The number of nitrogens with zero attached hydrogens (tertiary/aromatic N) is 1. The van der Waals surface area contributed by atoms with E-state index in [9.17, 15) is 24.3 Å². The molecule has 2 aromatic rings. The molecular weight excluding hydrogens is 586 g/mol. The number of aryl methyl sites for hydroxylation is 1. The van der Waals surface area contributed by atoms with E-state index in [2.05, 4.69) is 24.5 Å². The van der Waals surface area contributed by atoms with E-state index in [4.69, 9.17) is 9.47 Å². The number of benzene rings is 2. The van der Waals surface area contributed by atoms with Gasteiger partial charge in [-0.15, -0.1) is 0 Å². The third kappa shape index (κ3) is 12.0. The first-order chi connectivity index (χ1) is 21.5. The Kier molecular flexibility index (Phi) is 14.6. The van der Waals surface area contributed by atoms with Crippen molar-refractivity contribution >= 4 is 23.9 Å². The first-order valence-electron chi connectivity index (χ1n) is 16.1.